The summed E-state index contributed by atoms with van der Waals surface area (Å²) < 4.78 is 0. The minimum Gasteiger partial charge on any atom is -0.395 e. The van der Waals surface area contributed by atoms with Crippen molar-refractivity contribution >= 4 is 0 Å². The molecular formula is C10H19N3O. The van der Waals surface area contributed by atoms with E-state index in [0.29, 0.717) is 0 Å². The Morgan fingerprint density at radius 2 is 2.43 bits per heavy atom. The summed E-state index contributed by atoms with van der Waals surface area (Å²) >= 11 is 0. The molecule has 0 aliphatic rings. The molecule has 0 fully saturated rings. The van der Waals surface area contributed by atoms with E-state index in [4.69, 9.17) is 10.8 Å². The number of aromatic amines is 1. The highest BCUT2D eigenvalue weighted by Gasteiger charge is 2.05. The van der Waals surface area contributed by atoms with Crippen LogP contribution >= 0.6 is 0 Å². The molecule has 4 heteroatoms. The number of hydrogen-bond donors (Lipinski definition) is 3. The summed E-state index contributed by atoms with van der Waals surface area (Å²) in [7, 11) is 2.01. The van der Waals surface area contributed by atoms with E-state index in [1.807, 2.05) is 19.3 Å². The summed E-state index contributed by atoms with van der Waals surface area (Å²) in [5.41, 5.74) is 6.85. The van der Waals surface area contributed by atoms with Gasteiger partial charge in [-0.25, -0.2) is 0 Å². The van der Waals surface area contributed by atoms with E-state index in [0.717, 1.165) is 19.5 Å². The molecule has 1 heterocycles. The van der Waals surface area contributed by atoms with Crippen LogP contribution in [0.1, 0.15) is 5.69 Å². The second kappa shape index (κ2) is 5.80. The van der Waals surface area contributed by atoms with Crippen LogP contribution < -0.4 is 5.73 Å². The number of likely N-dealkylation sites (N-methyl/N-ethyl adjacent to an activating group) is 1. The molecule has 80 valence electrons. The molecule has 1 unspecified atom stereocenters. The molecule has 0 aromatic carbocycles. The molecular weight excluding hydrogens is 178 g/mol. The summed E-state index contributed by atoms with van der Waals surface area (Å²) in [6.07, 6.45) is 2.91. The highest BCUT2D eigenvalue weighted by Crippen LogP contribution is 1.97. The average molecular weight is 197 g/mol. The number of nitrogens with zero attached hydrogens (tertiary/aromatic N) is 1. The predicted octanol–water partition coefficient (Wildman–Crippen LogP) is -0.191. The van der Waals surface area contributed by atoms with Crippen molar-refractivity contribution in [3.05, 3.63) is 24.0 Å². The second-order valence-corrected chi connectivity index (χ2v) is 3.65. The lowest BCUT2D eigenvalue weighted by Crippen LogP contribution is -2.38. The monoisotopic (exact) mass is 197 g/mol. The molecule has 0 radical (unpaired) electrons. The molecule has 14 heavy (non-hydrogen) atoms. The largest absolute Gasteiger partial charge is 0.395 e. The van der Waals surface area contributed by atoms with Crippen molar-refractivity contribution in [3.63, 3.8) is 0 Å². The van der Waals surface area contributed by atoms with E-state index in [9.17, 15) is 0 Å². The Hall–Kier alpha value is -0.840. The van der Waals surface area contributed by atoms with Gasteiger partial charge in [-0.15, -0.1) is 0 Å². The number of rotatable bonds is 6. The standard InChI is InChI=1S/C10H19N3O/c1-13(7-9(11)8-14)6-4-10-3-2-5-12-10/h2-3,5,9,12,14H,4,6-8,11H2,1H3. The summed E-state index contributed by atoms with van der Waals surface area (Å²) in [6, 6.07) is 3.93. The Balaban J connectivity index is 2.18. The third-order valence-electron chi connectivity index (χ3n) is 2.21. The fourth-order valence-corrected chi connectivity index (χ4v) is 1.38. The average Bonchev–Trinajstić information content (AvgIpc) is 2.67. The van der Waals surface area contributed by atoms with Crippen molar-refractivity contribution in [3.8, 4) is 0 Å². The Kier molecular flexibility index (Phi) is 4.65. The highest BCUT2D eigenvalue weighted by atomic mass is 16.3. The highest BCUT2D eigenvalue weighted by molar-refractivity contribution is 5.03. The van der Waals surface area contributed by atoms with Gasteiger partial charge in [0.15, 0.2) is 0 Å². The lowest BCUT2D eigenvalue weighted by atomic mass is 10.2. The van der Waals surface area contributed by atoms with Crippen LogP contribution in [0.3, 0.4) is 0 Å². The second-order valence-electron chi connectivity index (χ2n) is 3.65. The number of hydrogen-bond acceptors (Lipinski definition) is 3. The van der Waals surface area contributed by atoms with Gasteiger partial charge in [0, 0.05) is 37.4 Å². The van der Waals surface area contributed by atoms with Crippen LogP contribution in [0, 0.1) is 0 Å². The van der Waals surface area contributed by atoms with Gasteiger partial charge < -0.3 is 20.7 Å². The summed E-state index contributed by atoms with van der Waals surface area (Å²) in [5.74, 6) is 0. The molecule has 0 saturated heterocycles. The molecule has 1 aromatic rings. The maximum Gasteiger partial charge on any atom is 0.0595 e. The third-order valence-corrected chi connectivity index (χ3v) is 2.21. The molecule has 0 bridgehead atoms. The van der Waals surface area contributed by atoms with E-state index < -0.39 is 0 Å². The fourth-order valence-electron chi connectivity index (χ4n) is 1.38. The van der Waals surface area contributed by atoms with Gasteiger partial charge in [-0.3, -0.25) is 0 Å². The van der Waals surface area contributed by atoms with Crippen molar-refractivity contribution in [1.29, 1.82) is 0 Å². The van der Waals surface area contributed by atoms with E-state index in [-0.39, 0.29) is 12.6 Å². The summed E-state index contributed by atoms with van der Waals surface area (Å²) in [4.78, 5) is 5.28. The van der Waals surface area contributed by atoms with Gasteiger partial charge in [-0.1, -0.05) is 0 Å². The first-order valence-corrected chi connectivity index (χ1v) is 4.89. The zero-order valence-electron chi connectivity index (χ0n) is 8.61. The SMILES string of the molecule is CN(CCc1ccc[nH]1)CC(N)CO. The summed E-state index contributed by atoms with van der Waals surface area (Å²) in [5, 5.41) is 8.78. The molecule has 0 amide bonds. The van der Waals surface area contributed by atoms with Gasteiger partial charge in [-0.2, -0.15) is 0 Å². The van der Waals surface area contributed by atoms with Crippen LogP contribution in [-0.4, -0.2) is 47.8 Å². The lowest BCUT2D eigenvalue weighted by molar-refractivity contribution is 0.222. The molecule has 4 N–H and O–H groups in total. The minimum absolute atomic E-state index is 0.0485. The third kappa shape index (κ3) is 3.91. The molecule has 1 aromatic heterocycles. The van der Waals surface area contributed by atoms with Crippen LogP contribution in [0.2, 0.25) is 0 Å². The first-order valence-electron chi connectivity index (χ1n) is 4.89. The van der Waals surface area contributed by atoms with E-state index >= 15 is 0 Å². The smallest absolute Gasteiger partial charge is 0.0595 e. The summed E-state index contributed by atoms with van der Waals surface area (Å²) in [6.45, 7) is 1.73. The molecule has 1 atom stereocenters. The zero-order valence-corrected chi connectivity index (χ0v) is 8.61. The van der Waals surface area contributed by atoms with Crippen molar-refractivity contribution in [2.24, 2.45) is 5.73 Å². The van der Waals surface area contributed by atoms with Gasteiger partial charge in [0.25, 0.3) is 0 Å². The van der Waals surface area contributed by atoms with Crippen LogP contribution in [0.15, 0.2) is 18.3 Å². The topological polar surface area (TPSA) is 65.3 Å². The van der Waals surface area contributed by atoms with Crippen LogP contribution in [0.5, 0.6) is 0 Å². The minimum atomic E-state index is -0.136. The van der Waals surface area contributed by atoms with Crippen molar-refractivity contribution in [1.82, 2.24) is 9.88 Å². The zero-order chi connectivity index (χ0) is 10.4. The predicted molar refractivity (Wildman–Crippen MR) is 57.1 cm³/mol. The first kappa shape index (κ1) is 11.2. The van der Waals surface area contributed by atoms with Gasteiger partial charge >= 0.3 is 0 Å². The van der Waals surface area contributed by atoms with Crippen molar-refractivity contribution in [2.45, 2.75) is 12.5 Å². The van der Waals surface area contributed by atoms with Crippen molar-refractivity contribution < 1.29 is 5.11 Å². The first-order chi connectivity index (χ1) is 6.72. The number of aliphatic hydroxyl groups excluding tert-OH is 1. The van der Waals surface area contributed by atoms with Gasteiger partial charge in [0.05, 0.1) is 6.61 Å². The number of H-pyrrole nitrogens is 1. The quantitative estimate of drug-likeness (QED) is 0.592. The Morgan fingerprint density at radius 3 is 3.00 bits per heavy atom. The molecule has 0 aliphatic heterocycles. The Labute approximate surface area is 84.7 Å². The Morgan fingerprint density at radius 1 is 1.64 bits per heavy atom. The van der Waals surface area contributed by atoms with Crippen LogP contribution in [0.4, 0.5) is 0 Å². The van der Waals surface area contributed by atoms with Crippen LogP contribution in [-0.2, 0) is 6.42 Å². The van der Waals surface area contributed by atoms with E-state index in [1.165, 1.54) is 5.69 Å². The van der Waals surface area contributed by atoms with Gasteiger partial charge in [0.1, 0.15) is 0 Å². The van der Waals surface area contributed by atoms with E-state index in [1.54, 1.807) is 0 Å². The number of nitrogens with one attached hydrogen (secondary N) is 1. The molecule has 0 aliphatic carbocycles. The van der Waals surface area contributed by atoms with E-state index in [2.05, 4.69) is 16.0 Å². The molecule has 4 nitrogen and oxygen atoms in total. The lowest BCUT2D eigenvalue weighted by Gasteiger charge is -2.19. The normalized spacial score (nSPS) is 13.4. The van der Waals surface area contributed by atoms with Crippen molar-refractivity contribution in [2.75, 3.05) is 26.7 Å². The van der Waals surface area contributed by atoms with Gasteiger partial charge in [0.2, 0.25) is 0 Å². The van der Waals surface area contributed by atoms with Gasteiger partial charge in [-0.05, 0) is 19.2 Å². The molecule has 0 saturated carbocycles. The maximum absolute atomic E-state index is 8.78. The molecule has 1 rings (SSSR count). The molecule has 0 spiro atoms. The number of aliphatic hydroxyl groups is 1. The van der Waals surface area contributed by atoms with Crippen LogP contribution in [0.25, 0.3) is 0 Å². The number of nitrogens with two attached hydrogens (primary N) is 1. The Bertz CT molecular complexity index is 236. The fraction of sp³-hybridized carbons (Fsp3) is 0.600. The maximum atomic E-state index is 8.78. The number of aromatic nitrogens is 1.